The highest BCUT2D eigenvalue weighted by atomic mass is 32.1. The minimum Gasteiger partial charge on any atom is -0.446 e. The van der Waals surface area contributed by atoms with Crippen LogP contribution in [-0.4, -0.2) is 9.78 Å². The highest BCUT2D eigenvalue weighted by Crippen LogP contribution is 2.48. The molecule has 0 fully saturated rings. The molecule has 1 aromatic carbocycles. The lowest BCUT2D eigenvalue weighted by molar-refractivity contribution is 0.496. The SMILES string of the molecule is Cc1ccc(Oc2sc(C)c3c2-c2c(cnn2C)CC3)cc1C. The normalized spacial score (nSPS) is 12.9. The van der Waals surface area contributed by atoms with Crippen molar-refractivity contribution in [2.75, 3.05) is 0 Å². The van der Waals surface area contributed by atoms with Gasteiger partial charge in [0.25, 0.3) is 0 Å². The number of aromatic nitrogens is 2. The van der Waals surface area contributed by atoms with Crippen LogP contribution in [0.5, 0.6) is 10.8 Å². The fourth-order valence-electron chi connectivity index (χ4n) is 3.30. The van der Waals surface area contributed by atoms with Gasteiger partial charge in [-0.25, -0.2) is 0 Å². The van der Waals surface area contributed by atoms with Crippen molar-refractivity contribution in [1.29, 1.82) is 0 Å². The first-order valence-corrected chi connectivity index (χ1v) is 8.75. The third-order valence-corrected chi connectivity index (χ3v) is 5.79. The molecule has 2 aromatic heterocycles. The molecular weight excluding hydrogens is 304 g/mol. The molecule has 0 N–H and O–H groups in total. The topological polar surface area (TPSA) is 27.1 Å². The van der Waals surface area contributed by atoms with Crippen LogP contribution in [0.3, 0.4) is 0 Å². The van der Waals surface area contributed by atoms with Crippen LogP contribution in [0, 0.1) is 20.8 Å². The van der Waals surface area contributed by atoms with Crippen LogP contribution < -0.4 is 4.74 Å². The summed E-state index contributed by atoms with van der Waals surface area (Å²) in [6.07, 6.45) is 4.13. The highest BCUT2D eigenvalue weighted by Gasteiger charge is 2.27. The zero-order valence-corrected chi connectivity index (χ0v) is 14.8. The summed E-state index contributed by atoms with van der Waals surface area (Å²) < 4.78 is 8.27. The van der Waals surface area contributed by atoms with E-state index in [-0.39, 0.29) is 0 Å². The first-order valence-electron chi connectivity index (χ1n) is 7.93. The van der Waals surface area contributed by atoms with Crippen LogP contribution in [0.25, 0.3) is 11.3 Å². The Labute approximate surface area is 140 Å². The minimum atomic E-state index is 0.909. The molecule has 3 aromatic rings. The molecule has 4 heteroatoms. The monoisotopic (exact) mass is 324 g/mol. The zero-order chi connectivity index (χ0) is 16.1. The molecule has 0 radical (unpaired) electrons. The van der Waals surface area contributed by atoms with E-state index in [1.54, 1.807) is 11.3 Å². The van der Waals surface area contributed by atoms with E-state index >= 15 is 0 Å². The molecule has 0 saturated heterocycles. The van der Waals surface area contributed by atoms with E-state index in [9.17, 15) is 0 Å². The lowest BCUT2D eigenvalue weighted by atomic mass is 9.92. The van der Waals surface area contributed by atoms with Gasteiger partial charge >= 0.3 is 0 Å². The van der Waals surface area contributed by atoms with E-state index < -0.39 is 0 Å². The quantitative estimate of drug-likeness (QED) is 0.666. The number of rotatable bonds is 2. The lowest BCUT2D eigenvalue weighted by Crippen LogP contribution is -2.05. The predicted molar refractivity (Wildman–Crippen MR) is 94.7 cm³/mol. The van der Waals surface area contributed by atoms with E-state index in [1.165, 1.54) is 38.4 Å². The van der Waals surface area contributed by atoms with Gasteiger partial charge in [-0.05, 0) is 68.0 Å². The Bertz CT molecular complexity index is 904. The zero-order valence-electron chi connectivity index (χ0n) is 13.9. The van der Waals surface area contributed by atoms with Gasteiger partial charge in [-0.15, -0.1) is 11.3 Å². The molecule has 3 nitrogen and oxygen atoms in total. The van der Waals surface area contributed by atoms with Crippen LogP contribution in [0.2, 0.25) is 0 Å². The number of nitrogens with zero attached hydrogens (tertiary/aromatic N) is 2. The summed E-state index contributed by atoms with van der Waals surface area (Å²) >= 11 is 1.75. The van der Waals surface area contributed by atoms with E-state index in [1.807, 2.05) is 17.9 Å². The summed E-state index contributed by atoms with van der Waals surface area (Å²) in [7, 11) is 2.01. The maximum Gasteiger partial charge on any atom is 0.190 e. The summed E-state index contributed by atoms with van der Waals surface area (Å²) in [5.74, 6) is 0.909. The molecule has 0 bridgehead atoms. The molecule has 0 atom stereocenters. The predicted octanol–water partition coefficient (Wildman–Crippen LogP) is 4.96. The first-order chi connectivity index (χ1) is 11.0. The van der Waals surface area contributed by atoms with Gasteiger partial charge in [-0.3, -0.25) is 4.68 Å². The Morgan fingerprint density at radius 3 is 2.74 bits per heavy atom. The van der Waals surface area contributed by atoms with E-state index in [4.69, 9.17) is 4.74 Å². The summed E-state index contributed by atoms with van der Waals surface area (Å²) in [4.78, 5) is 1.35. The molecule has 4 rings (SSSR count). The molecular formula is C19H20N2OS. The van der Waals surface area contributed by atoms with Crippen LogP contribution in [0.4, 0.5) is 0 Å². The average Bonchev–Trinajstić information content (AvgIpc) is 3.04. The number of fused-ring (bicyclic) bond motifs is 3. The molecule has 118 valence electrons. The van der Waals surface area contributed by atoms with Gasteiger partial charge in [-0.2, -0.15) is 5.10 Å². The van der Waals surface area contributed by atoms with Gasteiger partial charge < -0.3 is 4.74 Å². The Hall–Kier alpha value is -2.07. The average molecular weight is 324 g/mol. The second-order valence-electron chi connectivity index (χ2n) is 6.29. The van der Waals surface area contributed by atoms with Crippen LogP contribution in [-0.2, 0) is 19.9 Å². The van der Waals surface area contributed by atoms with Gasteiger partial charge in [0.1, 0.15) is 5.75 Å². The van der Waals surface area contributed by atoms with Crippen molar-refractivity contribution in [3.63, 3.8) is 0 Å². The second kappa shape index (κ2) is 5.24. The van der Waals surface area contributed by atoms with Gasteiger partial charge in [-0.1, -0.05) is 6.07 Å². The summed E-state index contributed by atoms with van der Waals surface area (Å²) in [5.41, 5.74) is 7.75. The molecule has 0 amide bonds. The molecule has 1 aliphatic carbocycles. The first kappa shape index (κ1) is 14.5. The van der Waals surface area contributed by atoms with Crippen molar-refractivity contribution in [2.24, 2.45) is 7.05 Å². The minimum absolute atomic E-state index is 0.909. The molecule has 2 heterocycles. The highest BCUT2D eigenvalue weighted by molar-refractivity contribution is 7.14. The number of thiophene rings is 1. The Morgan fingerprint density at radius 2 is 1.96 bits per heavy atom. The fraction of sp³-hybridized carbons (Fsp3) is 0.316. The Kier molecular flexibility index (Phi) is 3.31. The van der Waals surface area contributed by atoms with Gasteiger partial charge in [0.15, 0.2) is 5.06 Å². The number of ether oxygens (including phenoxy) is 1. The summed E-state index contributed by atoms with van der Waals surface area (Å²) in [6.45, 7) is 6.44. The van der Waals surface area contributed by atoms with Crippen molar-refractivity contribution in [1.82, 2.24) is 9.78 Å². The van der Waals surface area contributed by atoms with E-state index in [2.05, 4.69) is 44.1 Å². The number of aryl methyl sites for hydroxylation is 5. The van der Waals surface area contributed by atoms with Gasteiger partial charge in [0.2, 0.25) is 0 Å². The molecule has 0 saturated carbocycles. The third kappa shape index (κ3) is 2.29. The van der Waals surface area contributed by atoms with Crippen LogP contribution >= 0.6 is 11.3 Å². The number of hydrogen-bond acceptors (Lipinski definition) is 3. The Morgan fingerprint density at radius 1 is 1.13 bits per heavy atom. The van der Waals surface area contributed by atoms with Crippen molar-refractivity contribution < 1.29 is 4.74 Å². The summed E-state index contributed by atoms with van der Waals surface area (Å²) in [5, 5.41) is 5.44. The maximum absolute atomic E-state index is 6.29. The molecule has 1 aliphatic rings. The molecule has 23 heavy (non-hydrogen) atoms. The van der Waals surface area contributed by atoms with Gasteiger partial charge in [0.05, 0.1) is 17.5 Å². The van der Waals surface area contributed by atoms with Gasteiger partial charge in [0, 0.05) is 11.9 Å². The van der Waals surface area contributed by atoms with Crippen molar-refractivity contribution in [2.45, 2.75) is 33.6 Å². The molecule has 0 spiro atoms. The van der Waals surface area contributed by atoms with Crippen LogP contribution in [0.1, 0.15) is 27.1 Å². The van der Waals surface area contributed by atoms with Crippen LogP contribution in [0.15, 0.2) is 24.4 Å². The van der Waals surface area contributed by atoms with E-state index in [0.717, 1.165) is 23.7 Å². The smallest absolute Gasteiger partial charge is 0.190 e. The lowest BCUT2D eigenvalue weighted by Gasteiger charge is -2.16. The Balaban J connectivity index is 1.82. The number of benzene rings is 1. The second-order valence-corrected chi connectivity index (χ2v) is 7.48. The molecule has 0 unspecified atom stereocenters. The fourth-order valence-corrected chi connectivity index (χ4v) is 4.36. The van der Waals surface area contributed by atoms with Crippen molar-refractivity contribution in [3.05, 3.63) is 51.5 Å². The van der Waals surface area contributed by atoms with Crippen molar-refractivity contribution in [3.8, 4) is 22.1 Å². The third-order valence-electron chi connectivity index (χ3n) is 4.76. The maximum atomic E-state index is 6.29. The largest absolute Gasteiger partial charge is 0.446 e. The van der Waals surface area contributed by atoms with Crippen molar-refractivity contribution >= 4 is 11.3 Å². The standard InChI is InChI=1S/C19H20N2OS/c1-11-5-7-15(9-12(11)2)22-19-17-16(13(3)23-19)8-6-14-10-20-21(4)18(14)17/h5,7,9-10H,6,8H2,1-4H3. The van der Waals surface area contributed by atoms with E-state index in [0.29, 0.717) is 0 Å². The molecule has 0 aliphatic heterocycles. The summed E-state index contributed by atoms with van der Waals surface area (Å²) in [6, 6.07) is 6.29. The number of hydrogen-bond donors (Lipinski definition) is 0.